The van der Waals surface area contributed by atoms with Gasteiger partial charge in [-0.1, -0.05) is 29.3 Å². The Bertz CT molecular complexity index is 997. The summed E-state index contributed by atoms with van der Waals surface area (Å²) in [5.74, 6) is 0.217. The van der Waals surface area contributed by atoms with E-state index in [0.717, 1.165) is 5.56 Å². The first kappa shape index (κ1) is 17.8. The lowest BCUT2D eigenvalue weighted by Gasteiger charge is -2.05. The second-order valence-electron chi connectivity index (χ2n) is 5.27. The van der Waals surface area contributed by atoms with Gasteiger partial charge in [0.15, 0.2) is 5.82 Å². The third kappa shape index (κ3) is 4.15. The Morgan fingerprint density at radius 1 is 1.20 bits per heavy atom. The van der Waals surface area contributed by atoms with Crippen LogP contribution in [0.4, 0.5) is 5.82 Å². The van der Waals surface area contributed by atoms with E-state index in [0.29, 0.717) is 23.1 Å². The van der Waals surface area contributed by atoms with E-state index < -0.39 is 10.0 Å². The molecule has 0 aliphatic rings. The van der Waals surface area contributed by atoms with Crippen LogP contribution in [-0.4, -0.2) is 28.0 Å². The van der Waals surface area contributed by atoms with Crippen LogP contribution in [0.5, 0.6) is 0 Å². The third-order valence-corrected chi connectivity index (χ3v) is 5.37. The summed E-state index contributed by atoms with van der Waals surface area (Å²) < 4.78 is 30.2. The van der Waals surface area contributed by atoms with Crippen LogP contribution in [0, 0.1) is 0 Å². The molecule has 0 saturated carbocycles. The molecule has 1 N–H and O–H groups in total. The number of rotatable bonds is 6. The van der Waals surface area contributed by atoms with E-state index in [1.807, 2.05) is 6.92 Å². The van der Waals surface area contributed by atoms with Crippen molar-refractivity contribution in [2.75, 3.05) is 4.72 Å². The van der Waals surface area contributed by atoms with Gasteiger partial charge in [0.05, 0.1) is 12.7 Å². The summed E-state index contributed by atoms with van der Waals surface area (Å²) >= 11 is 12.0. The molecule has 0 fully saturated rings. The first-order chi connectivity index (χ1) is 11.9. The van der Waals surface area contributed by atoms with Gasteiger partial charge in [-0.3, -0.25) is 14.1 Å². The summed E-state index contributed by atoms with van der Waals surface area (Å²) in [6, 6.07) is 6.76. The van der Waals surface area contributed by atoms with Crippen LogP contribution in [0.15, 0.2) is 47.8 Å². The Morgan fingerprint density at radius 3 is 2.68 bits per heavy atom. The van der Waals surface area contributed by atoms with Crippen LogP contribution in [-0.2, 0) is 23.1 Å². The Morgan fingerprint density at radius 2 is 2.00 bits per heavy atom. The van der Waals surface area contributed by atoms with Crippen molar-refractivity contribution in [2.45, 2.75) is 24.9 Å². The molecule has 0 radical (unpaired) electrons. The molecule has 1 aromatic carbocycles. The lowest BCUT2D eigenvalue weighted by atomic mass is 10.2. The fourth-order valence-corrected chi connectivity index (χ4v) is 3.60. The van der Waals surface area contributed by atoms with Gasteiger partial charge in [-0.15, -0.1) is 0 Å². The van der Waals surface area contributed by atoms with Crippen LogP contribution in [0.2, 0.25) is 10.0 Å². The lowest BCUT2D eigenvalue weighted by Crippen LogP contribution is -2.13. The Balaban J connectivity index is 1.75. The summed E-state index contributed by atoms with van der Waals surface area (Å²) in [7, 11) is -3.73. The van der Waals surface area contributed by atoms with Gasteiger partial charge in [0.25, 0.3) is 10.0 Å². The van der Waals surface area contributed by atoms with Crippen LogP contribution >= 0.6 is 23.2 Å². The van der Waals surface area contributed by atoms with E-state index in [-0.39, 0.29) is 10.7 Å². The van der Waals surface area contributed by atoms with Crippen LogP contribution in [0.3, 0.4) is 0 Å². The summed E-state index contributed by atoms with van der Waals surface area (Å²) in [4.78, 5) is 0.0876. The third-order valence-electron chi connectivity index (χ3n) is 3.47. The molecule has 132 valence electrons. The van der Waals surface area contributed by atoms with Gasteiger partial charge in [0.2, 0.25) is 0 Å². The number of benzene rings is 1. The molecule has 10 heteroatoms. The smallest absolute Gasteiger partial charge is 0.266 e. The van der Waals surface area contributed by atoms with Crippen LogP contribution < -0.4 is 4.72 Å². The average Bonchev–Trinajstić information content (AvgIpc) is 3.19. The van der Waals surface area contributed by atoms with E-state index in [4.69, 9.17) is 23.2 Å². The molecule has 0 aliphatic carbocycles. The van der Waals surface area contributed by atoms with E-state index >= 15 is 0 Å². The molecule has 0 aliphatic heterocycles. The number of hydrogen-bond donors (Lipinski definition) is 1. The van der Waals surface area contributed by atoms with Gasteiger partial charge >= 0.3 is 0 Å². The molecule has 25 heavy (non-hydrogen) atoms. The molecule has 0 bridgehead atoms. The van der Waals surface area contributed by atoms with Crippen molar-refractivity contribution in [1.29, 1.82) is 0 Å². The summed E-state index contributed by atoms with van der Waals surface area (Å²) in [6.07, 6.45) is 4.43. The Labute approximate surface area is 155 Å². The molecule has 0 unspecified atom stereocenters. The molecule has 3 rings (SSSR count). The Kier molecular flexibility index (Phi) is 5.03. The predicted octanol–water partition coefficient (Wildman–Crippen LogP) is 3.26. The minimum absolute atomic E-state index is 0.0876. The number of anilines is 1. The minimum atomic E-state index is -3.73. The molecule has 0 atom stereocenters. The number of hydrogen-bond acceptors (Lipinski definition) is 4. The second-order valence-corrected chi connectivity index (χ2v) is 7.80. The topological polar surface area (TPSA) is 81.8 Å². The zero-order valence-electron chi connectivity index (χ0n) is 13.2. The van der Waals surface area contributed by atoms with Crippen molar-refractivity contribution in [3.05, 3.63) is 58.5 Å². The lowest BCUT2D eigenvalue weighted by molar-refractivity contribution is 0.600. The van der Waals surface area contributed by atoms with Crippen molar-refractivity contribution in [1.82, 2.24) is 19.6 Å². The van der Waals surface area contributed by atoms with Crippen LogP contribution in [0.1, 0.15) is 12.5 Å². The molecule has 0 spiro atoms. The molecule has 2 aromatic heterocycles. The molecule has 2 heterocycles. The first-order valence-corrected chi connectivity index (χ1v) is 9.64. The fourth-order valence-electron chi connectivity index (χ4n) is 2.18. The number of aryl methyl sites for hydroxylation is 1. The number of halogens is 2. The zero-order chi connectivity index (χ0) is 18.0. The van der Waals surface area contributed by atoms with E-state index in [9.17, 15) is 8.42 Å². The minimum Gasteiger partial charge on any atom is -0.272 e. The molecule has 0 amide bonds. The quantitative estimate of drug-likeness (QED) is 0.689. The van der Waals surface area contributed by atoms with E-state index in [1.165, 1.54) is 17.1 Å². The van der Waals surface area contributed by atoms with Crippen molar-refractivity contribution in [2.24, 2.45) is 0 Å². The van der Waals surface area contributed by atoms with Gasteiger partial charge in [0.1, 0.15) is 4.90 Å². The standard InChI is InChI=1S/C15H15Cl2N5O2S/c1-2-21-10-13(8-18-21)25(23,24)20-15-5-6-22(19-15)9-11-3-4-12(16)7-14(11)17/h3-8,10H,2,9H2,1H3,(H,19,20). The summed E-state index contributed by atoms with van der Waals surface area (Å²) in [5.41, 5.74) is 0.827. The Hall–Kier alpha value is -2.03. The highest BCUT2D eigenvalue weighted by molar-refractivity contribution is 7.92. The van der Waals surface area contributed by atoms with Gasteiger partial charge in [-0.2, -0.15) is 10.2 Å². The molecular weight excluding hydrogens is 385 g/mol. The highest BCUT2D eigenvalue weighted by atomic mass is 35.5. The zero-order valence-corrected chi connectivity index (χ0v) is 15.6. The molecule has 0 saturated heterocycles. The summed E-state index contributed by atoms with van der Waals surface area (Å²) in [5, 5.41) is 9.26. The van der Waals surface area contributed by atoms with E-state index in [2.05, 4.69) is 14.9 Å². The van der Waals surface area contributed by atoms with Gasteiger partial charge in [0, 0.05) is 35.1 Å². The number of nitrogens with zero attached hydrogens (tertiary/aromatic N) is 4. The van der Waals surface area contributed by atoms with Gasteiger partial charge < -0.3 is 0 Å². The molecule has 3 aromatic rings. The number of nitrogens with one attached hydrogen (secondary N) is 1. The highest BCUT2D eigenvalue weighted by Crippen LogP contribution is 2.22. The molecule has 7 nitrogen and oxygen atoms in total. The molecular formula is C15H15Cl2N5O2S. The second kappa shape index (κ2) is 7.07. The SMILES string of the molecule is CCn1cc(S(=O)(=O)Nc2ccn(Cc3ccc(Cl)cc3Cl)n2)cn1. The first-order valence-electron chi connectivity index (χ1n) is 7.40. The van der Waals surface area contributed by atoms with Gasteiger partial charge in [-0.05, 0) is 24.6 Å². The van der Waals surface area contributed by atoms with Crippen LogP contribution in [0.25, 0.3) is 0 Å². The van der Waals surface area contributed by atoms with Gasteiger partial charge in [-0.25, -0.2) is 8.42 Å². The number of sulfonamides is 1. The van der Waals surface area contributed by atoms with Crippen molar-refractivity contribution < 1.29 is 8.42 Å². The summed E-state index contributed by atoms with van der Waals surface area (Å²) in [6.45, 7) is 2.86. The van der Waals surface area contributed by atoms with Crippen molar-refractivity contribution >= 4 is 39.0 Å². The maximum Gasteiger partial charge on any atom is 0.266 e. The fraction of sp³-hybridized carbons (Fsp3) is 0.200. The largest absolute Gasteiger partial charge is 0.272 e. The maximum atomic E-state index is 12.3. The van der Waals surface area contributed by atoms with Crippen molar-refractivity contribution in [3.63, 3.8) is 0 Å². The predicted molar refractivity (Wildman–Crippen MR) is 96.5 cm³/mol. The average molecular weight is 400 g/mol. The maximum absolute atomic E-state index is 12.3. The van der Waals surface area contributed by atoms with Crippen molar-refractivity contribution in [3.8, 4) is 0 Å². The normalized spacial score (nSPS) is 11.6. The number of aromatic nitrogens is 4. The highest BCUT2D eigenvalue weighted by Gasteiger charge is 2.18. The monoisotopic (exact) mass is 399 g/mol. The van der Waals surface area contributed by atoms with E-state index in [1.54, 1.807) is 35.1 Å².